The molecule has 3 heterocycles. The summed E-state index contributed by atoms with van der Waals surface area (Å²) in [5.41, 5.74) is 5.42. The van der Waals surface area contributed by atoms with Crippen molar-refractivity contribution < 1.29 is 20.1 Å². The van der Waals surface area contributed by atoms with Crippen molar-refractivity contribution in [1.29, 1.82) is 0 Å². The molecule has 0 aromatic carbocycles. The van der Waals surface area contributed by atoms with Crippen LogP contribution < -0.4 is 5.73 Å². The SMILES string of the molecule is Nc1ncnc2c1ncn2C1O[C@@]2(CCC2O)C(O)C1O. The summed E-state index contributed by atoms with van der Waals surface area (Å²) >= 11 is 0. The molecule has 2 aliphatic rings. The van der Waals surface area contributed by atoms with Crippen molar-refractivity contribution in [1.82, 2.24) is 19.5 Å². The van der Waals surface area contributed by atoms with Crippen LogP contribution in [-0.2, 0) is 4.74 Å². The molecule has 4 rings (SSSR count). The quantitative estimate of drug-likeness (QED) is 0.501. The summed E-state index contributed by atoms with van der Waals surface area (Å²) in [6, 6.07) is 0. The number of aliphatic hydroxyl groups is 3. The highest BCUT2D eigenvalue weighted by Crippen LogP contribution is 2.49. The van der Waals surface area contributed by atoms with Gasteiger partial charge in [0, 0.05) is 0 Å². The van der Waals surface area contributed by atoms with Crippen molar-refractivity contribution in [3.8, 4) is 0 Å². The molecule has 1 aliphatic carbocycles. The Balaban J connectivity index is 1.78. The summed E-state index contributed by atoms with van der Waals surface area (Å²) < 4.78 is 7.29. The highest BCUT2D eigenvalue weighted by atomic mass is 16.6. The minimum atomic E-state index is -1.19. The molecule has 9 heteroatoms. The fourth-order valence-electron chi connectivity index (χ4n) is 3.13. The topological polar surface area (TPSA) is 140 Å². The normalized spacial score (nSPS) is 39.0. The summed E-state index contributed by atoms with van der Waals surface area (Å²) in [4.78, 5) is 12.0. The van der Waals surface area contributed by atoms with Crippen LogP contribution in [0.25, 0.3) is 11.2 Å². The minimum Gasteiger partial charge on any atom is -0.390 e. The number of aromatic nitrogens is 4. The van der Waals surface area contributed by atoms with Gasteiger partial charge in [0.1, 0.15) is 29.7 Å². The van der Waals surface area contributed by atoms with Crippen molar-refractivity contribution >= 4 is 17.0 Å². The Kier molecular flexibility index (Phi) is 2.52. The van der Waals surface area contributed by atoms with Crippen LogP contribution in [0.1, 0.15) is 19.1 Å². The van der Waals surface area contributed by atoms with E-state index in [1.165, 1.54) is 17.2 Å². The van der Waals surface area contributed by atoms with Gasteiger partial charge in [-0.2, -0.15) is 0 Å². The Bertz CT molecular complexity index is 706. The van der Waals surface area contributed by atoms with Gasteiger partial charge in [-0.25, -0.2) is 15.0 Å². The van der Waals surface area contributed by atoms with Gasteiger partial charge in [-0.15, -0.1) is 0 Å². The van der Waals surface area contributed by atoms with E-state index in [-0.39, 0.29) is 5.82 Å². The van der Waals surface area contributed by atoms with Crippen molar-refractivity contribution in [2.45, 2.75) is 43.0 Å². The lowest BCUT2D eigenvalue weighted by atomic mass is 9.73. The summed E-state index contributed by atoms with van der Waals surface area (Å²) in [5, 5.41) is 30.4. The van der Waals surface area contributed by atoms with Gasteiger partial charge in [0.2, 0.25) is 0 Å². The molecule has 1 spiro atoms. The number of nitrogen functional groups attached to an aromatic ring is 1. The Morgan fingerprint density at radius 3 is 2.71 bits per heavy atom. The first-order chi connectivity index (χ1) is 10.0. The summed E-state index contributed by atoms with van der Waals surface area (Å²) in [5.74, 6) is 0.227. The fraction of sp³-hybridized carbons (Fsp3) is 0.583. The molecule has 2 aromatic rings. The Morgan fingerprint density at radius 1 is 1.29 bits per heavy atom. The molecule has 1 saturated carbocycles. The lowest BCUT2D eigenvalue weighted by Gasteiger charge is -2.44. The maximum atomic E-state index is 10.3. The van der Waals surface area contributed by atoms with E-state index in [9.17, 15) is 15.3 Å². The monoisotopic (exact) mass is 293 g/mol. The second-order valence-corrected chi connectivity index (χ2v) is 5.54. The highest BCUT2D eigenvalue weighted by Gasteiger charge is 2.63. The van der Waals surface area contributed by atoms with E-state index in [1.54, 1.807) is 0 Å². The van der Waals surface area contributed by atoms with E-state index in [4.69, 9.17) is 10.5 Å². The number of nitrogens with zero attached hydrogens (tertiary/aromatic N) is 4. The molecule has 9 nitrogen and oxygen atoms in total. The number of hydrogen-bond donors (Lipinski definition) is 4. The number of imidazole rings is 1. The van der Waals surface area contributed by atoms with Gasteiger partial charge in [0.25, 0.3) is 0 Å². The van der Waals surface area contributed by atoms with Crippen molar-refractivity contribution in [3.63, 3.8) is 0 Å². The molecule has 5 atom stereocenters. The lowest BCUT2D eigenvalue weighted by molar-refractivity contribution is -0.213. The molecule has 2 aromatic heterocycles. The fourth-order valence-corrected chi connectivity index (χ4v) is 3.13. The number of hydrogen-bond acceptors (Lipinski definition) is 8. The zero-order valence-electron chi connectivity index (χ0n) is 11.0. The van der Waals surface area contributed by atoms with E-state index in [0.717, 1.165) is 0 Å². The Morgan fingerprint density at radius 2 is 2.10 bits per heavy atom. The van der Waals surface area contributed by atoms with Gasteiger partial charge in [0.15, 0.2) is 17.7 Å². The number of nitrogens with two attached hydrogens (primary N) is 1. The van der Waals surface area contributed by atoms with Crippen LogP contribution in [0.15, 0.2) is 12.7 Å². The summed E-state index contributed by atoms with van der Waals surface area (Å²) in [6.07, 6.45) is -0.266. The van der Waals surface area contributed by atoms with Gasteiger partial charge in [0.05, 0.1) is 12.4 Å². The minimum absolute atomic E-state index is 0.227. The zero-order chi connectivity index (χ0) is 14.8. The van der Waals surface area contributed by atoms with E-state index in [0.29, 0.717) is 24.0 Å². The number of rotatable bonds is 1. The van der Waals surface area contributed by atoms with Gasteiger partial charge in [-0.05, 0) is 12.8 Å². The molecule has 0 bridgehead atoms. The third-order valence-electron chi connectivity index (χ3n) is 4.49. The number of ether oxygens (including phenoxy) is 1. The van der Waals surface area contributed by atoms with Crippen LogP contribution >= 0.6 is 0 Å². The third kappa shape index (κ3) is 1.51. The molecular weight excluding hydrogens is 278 g/mol. The third-order valence-corrected chi connectivity index (χ3v) is 4.49. The second kappa shape index (κ2) is 4.10. The van der Waals surface area contributed by atoms with Crippen LogP contribution in [0.4, 0.5) is 5.82 Å². The Hall–Kier alpha value is -1.81. The van der Waals surface area contributed by atoms with E-state index >= 15 is 0 Å². The molecule has 4 unspecified atom stereocenters. The largest absolute Gasteiger partial charge is 0.390 e. The molecule has 2 fully saturated rings. The smallest absolute Gasteiger partial charge is 0.167 e. The number of anilines is 1. The maximum Gasteiger partial charge on any atom is 0.167 e. The molecular formula is C12H15N5O4. The predicted octanol–water partition coefficient (Wildman–Crippen LogP) is -1.45. The van der Waals surface area contributed by atoms with Gasteiger partial charge < -0.3 is 25.8 Å². The van der Waals surface area contributed by atoms with Gasteiger partial charge in [-0.3, -0.25) is 4.57 Å². The zero-order valence-corrected chi connectivity index (χ0v) is 11.0. The molecule has 112 valence electrons. The van der Waals surface area contributed by atoms with Crippen molar-refractivity contribution in [2.24, 2.45) is 0 Å². The van der Waals surface area contributed by atoms with Gasteiger partial charge in [-0.1, -0.05) is 0 Å². The van der Waals surface area contributed by atoms with E-state index in [1.807, 2.05) is 0 Å². The first-order valence-electron chi connectivity index (χ1n) is 6.69. The summed E-state index contributed by atoms with van der Waals surface area (Å²) in [6.45, 7) is 0. The van der Waals surface area contributed by atoms with Crippen LogP contribution in [0.3, 0.4) is 0 Å². The molecule has 1 saturated heterocycles. The first kappa shape index (κ1) is 12.9. The van der Waals surface area contributed by atoms with E-state index in [2.05, 4.69) is 15.0 Å². The van der Waals surface area contributed by atoms with E-state index < -0.39 is 30.1 Å². The highest BCUT2D eigenvalue weighted by molar-refractivity contribution is 5.81. The van der Waals surface area contributed by atoms with Crippen LogP contribution in [-0.4, -0.2) is 58.8 Å². The number of aliphatic hydroxyl groups excluding tert-OH is 3. The Labute approximate surface area is 119 Å². The molecule has 1 aliphatic heterocycles. The molecule has 0 radical (unpaired) electrons. The molecule has 5 N–H and O–H groups in total. The average molecular weight is 293 g/mol. The number of fused-ring (bicyclic) bond motifs is 1. The van der Waals surface area contributed by atoms with Crippen LogP contribution in [0.5, 0.6) is 0 Å². The van der Waals surface area contributed by atoms with Crippen LogP contribution in [0.2, 0.25) is 0 Å². The summed E-state index contributed by atoms with van der Waals surface area (Å²) in [7, 11) is 0. The lowest BCUT2D eigenvalue weighted by Crippen LogP contribution is -2.59. The predicted molar refractivity (Wildman–Crippen MR) is 69.8 cm³/mol. The van der Waals surface area contributed by atoms with Crippen molar-refractivity contribution in [3.05, 3.63) is 12.7 Å². The van der Waals surface area contributed by atoms with Crippen molar-refractivity contribution in [2.75, 3.05) is 5.73 Å². The maximum absolute atomic E-state index is 10.3. The standard InChI is InChI=1S/C12H15N5O4/c13-9-6-10(15-3-14-9)17(4-16-6)11-7(19)8(20)12(21-11)2-1-5(12)18/h3-5,7-8,11,18-20H,1-2H2,(H2,13,14,15)/t5?,7?,8?,11?,12-/m1/s1. The average Bonchev–Trinajstić information content (AvgIpc) is 3.01. The molecule has 0 amide bonds. The first-order valence-corrected chi connectivity index (χ1v) is 6.69. The second-order valence-electron chi connectivity index (χ2n) is 5.54. The molecule has 21 heavy (non-hydrogen) atoms. The van der Waals surface area contributed by atoms with Gasteiger partial charge >= 0.3 is 0 Å². The van der Waals surface area contributed by atoms with Crippen LogP contribution in [0, 0.1) is 0 Å².